The zero-order valence-electron chi connectivity index (χ0n) is 11.2. The zero-order chi connectivity index (χ0) is 12.5. The van der Waals surface area contributed by atoms with E-state index < -0.39 is 0 Å². The molecule has 17 heavy (non-hydrogen) atoms. The van der Waals surface area contributed by atoms with Crippen LogP contribution in [0, 0.1) is 0 Å². The minimum Gasteiger partial charge on any atom is -0.399 e. The van der Waals surface area contributed by atoms with Gasteiger partial charge < -0.3 is 11.1 Å². The number of hydrogen-bond donors (Lipinski definition) is 2. The van der Waals surface area contributed by atoms with Gasteiger partial charge in [-0.05, 0) is 44.0 Å². The van der Waals surface area contributed by atoms with Crippen LogP contribution in [0.5, 0.6) is 0 Å². The Morgan fingerprint density at radius 3 is 2.47 bits per heavy atom. The fraction of sp³-hybridized carbons (Fsp3) is 0.600. The Morgan fingerprint density at radius 1 is 1.12 bits per heavy atom. The molecule has 0 heterocycles. The molecule has 1 aromatic rings. The van der Waals surface area contributed by atoms with Crippen molar-refractivity contribution in [3.8, 4) is 0 Å². The van der Waals surface area contributed by atoms with Gasteiger partial charge in [0.05, 0.1) is 0 Å². The summed E-state index contributed by atoms with van der Waals surface area (Å²) in [4.78, 5) is 0. The molecule has 2 nitrogen and oxygen atoms in total. The second kappa shape index (κ2) is 8.13. The molecule has 0 aliphatic heterocycles. The van der Waals surface area contributed by atoms with E-state index in [9.17, 15) is 0 Å². The van der Waals surface area contributed by atoms with Gasteiger partial charge in [0, 0.05) is 11.7 Å². The van der Waals surface area contributed by atoms with Crippen LogP contribution in [0.3, 0.4) is 0 Å². The first-order valence-electron chi connectivity index (χ1n) is 6.80. The van der Waals surface area contributed by atoms with Crippen LogP contribution in [0.25, 0.3) is 0 Å². The molecule has 0 bridgehead atoms. The van der Waals surface area contributed by atoms with Gasteiger partial charge in [0.2, 0.25) is 0 Å². The van der Waals surface area contributed by atoms with E-state index in [0.717, 1.165) is 18.7 Å². The standard InChI is InChI=1S/C15H26N2/c1-3-4-5-6-11-17-13(2)12-14-7-9-15(16)10-8-14/h7-10,13,17H,3-6,11-12,16H2,1-2H3. The van der Waals surface area contributed by atoms with E-state index >= 15 is 0 Å². The summed E-state index contributed by atoms with van der Waals surface area (Å²) in [7, 11) is 0. The predicted octanol–water partition coefficient (Wildman–Crippen LogP) is 3.37. The Morgan fingerprint density at radius 2 is 1.82 bits per heavy atom. The lowest BCUT2D eigenvalue weighted by molar-refractivity contribution is 0.518. The maximum Gasteiger partial charge on any atom is 0.0314 e. The van der Waals surface area contributed by atoms with Crippen molar-refractivity contribution < 1.29 is 0 Å². The highest BCUT2D eigenvalue weighted by molar-refractivity contribution is 5.39. The van der Waals surface area contributed by atoms with E-state index in [2.05, 4.69) is 31.3 Å². The SMILES string of the molecule is CCCCCCNC(C)Cc1ccc(N)cc1. The average Bonchev–Trinajstić information content (AvgIpc) is 2.32. The summed E-state index contributed by atoms with van der Waals surface area (Å²) in [6.07, 6.45) is 6.38. The molecule has 3 N–H and O–H groups in total. The Hall–Kier alpha value is -1.02. The van der Waals surface area contributed by atoms with Crippen molar-refractivity contribution in [3.63, 3.8) is 0 Å². The second-order valence-corrected chi connectivity index (χ2v) is 4.86. The first-order valence-corrected chi connectivity index (χ1v) is 6.80. The van der Waals surface area contributed by atoms with Gasteiger partial charge >= 0.3 is 0 Å². The minimum atomic E-state index is 0.542. The molecule has 1 atom stereocenters. The van der Waals surface area contributed by atoms with Crippen LogP contribution in [0.2, 0.25) is 0 Å². The number of rotatable bonds is 8. The molecule has 1 rings (SSSR count). The highest BCUT2D eigenvalue weighted by Crippen LogP contribution is 2.08. The van der Waals surface area contributed by atoms with Crippen molar-refractivity contribution in [2.24, 2.45) is 0 Å². The molecule has 0 fully saturated rings. The predicted molar refractivity (Wildman–Crippen MR) is 76.2 cm³/mol. The van der Waals surface area contributed by atoms with Gasteiger partial charge in [0.15, 0.2) is 0 Å². The fourth-order valence-corrected chi connectivity index (χ4v) is 1.98. The molecule has 0 saturated heterocycles. The van der Waals surface area contributed by atoms with E-state index in [4.69, 9.17) is 5.73 Å². The monoisotopic (exact) mass is 234 g/mol. The molecule has 0 radical (unpaired) electrons. The number of nitrogens with one attached hydrogen (secondary N) is 1. The number of unbranched alkanes of at least 4 members (excludes halogenated alkanes) is 3. The minimum absolute atomic E-state index is 0.542. The van der Waals surface area contributed by atoms with Crippen molar-refractivity contribution in [1.29, 1.82) is 0 Å². The van der Waals surface area contributed by atoms with Crippen molar-refractivity contribution in [1.82, 2.24) is 5.32 Å². The molecule has 2 heteroatoms. The molecular weight excluding hydrogens is 208 g/mol. The Labute approximate surface area is 106 Å². The number of benzene rings is 1. The lowest BCUT2D eigenvalue weighted by Crippen LogP contribution is -2.28. The zero-order valence-corrected chi connectivity index (χ0v) is 11.2. The van der Waals surface area contributed by atoms with Crippen molar-refractivity contribution in [3.05, 3.63) is 29.8 Å². The van der Waals surface area contributed by atoms with Crippen molar-refractivity contribution in [2.75, 3.05) is 12.3 Å². The van der Waals surface area contributed by atoms with E-state index in [1.807, 2.05) is 12.1 Å². The Kier molecular flexibility index (Phi) is 6.71. The third kappa shape index (κ3) is 6.32. The van der Waals surface area contributed by atoms with Crippen LogP contribution in [0.15, 0.2) is 24.3 Å². The Bertz CT molecular complexity index is 292. The number of nitrogens with two attached hydrogens (primary N) is 1. The lowest BCUT2D eigenvalue weighted by Gasteiger charge is -2.13. The third-order valence-corrected chi connectivity index (χ3v) is 3.04. The summed E-state index contributed by atoms with van der Waals surface area (Å²) in [5.41, 5.74) is 7.86. The van der Waals surface area contributed by atoms with Gasteiger partial charge in [-0.15, -0.1) is 0 Å². The molecule has 0 aliphatic carbocycles. The van der Waals surface area contributed by atoms with Gasteiger partial charge in [-0.25, -0.2) is 0 Å². The first kappa shape index (κ1) is 14.0. The van der Waals surface area contributed by atoms with Crippen LogP contribution in [0.4, 0.5) is 5.69 Å². The van der Waals surface area contributed by atoms with Crippen LogP contribution >= 0.6 is 0 Å². The highest BCUT2D eigenvalue weighted by atomic mass is 14.9. The average molecular weight is 234 g/mol. The first-order chi connectivity index (χ1) is 8.22. The normalized spacial score (nSPS) is 12.6. The van der Waals surface area contributed by atoms with Crippen molar-refractivity contribution >= 4 is 5.69 Å². The molecule has 1 aromatic carbocycles. The van der Waals surface area contributed by atoms with E-state index in [1.165, 1.54) is 31.2 Å². The number of nitrogen functional groups attached to an aromatic ring is 1. The maximum atomic E-state index is 5.67. The largest absolute Gasteiger partial charge is 0.399 e. The van der Waals surface area contributed by atoms with E-state index in [0.29, 0.717) is 6.04 Å². The molecule has 0 aliphatic rings. The topological polar surface area (TPSA) is 38.0 Å². The van der Waals surface area contributed by atoms with Gasteiger partial charge in [0.1, 0.15) is 0 Å². The quantitative estimate of drug-likeness (QED) is 0.534. The summed E-state index contributed by atoms with van der Waals surface area (Å²) in [6, 6.07) is 8.72. The summed E-state index contributed by atoms with van der Waals surface area (Å²) in [5.74, 6) is 0. The molecule has 0 spiro atoms. The lowest BCUT2D eigenvalue weighted by atomic mass is 10.1. The summed E-state index contributed by atoms with van der Waals surface area (Å²) >= 11 is 0. The smallest absolute Gasteiger partial charge is 0.0314 e. The van der Waals surface area contributed by atoms with Crippen LogP contribution in [0.1, 0.15) is 45.1 Å². The number of anilines is 1. The number of hydrogen-bond acceptors (Lipinski definition) is 2. The van der Waals surface area contributed by atoms with E-state index in [1.54, 1.807) is 0 Å². The summed E-state index contributed by atoms with van der Waals surface area (Å²) in [5, 5.41) is 3.57. The Balaban J connectivity index is 2.16. The highest BCUT2D eigenvalue weighted by Gasteiger charge is 2.02. The van der Waals surface area contributed by atoms with Gasteiger partial charge in [-0.3, -0.25) is 0 Å². The third-order valence-electron chi connectivity index (χ3n) is 3.04. The molecule has 1 unspecified atom stereocenters. The van der Waals surface area contributed by atoms with Crippen LogP contribution < -0.4 is 11.1 Å². The van der Waals surface area contributed by atoms with Gasteiger partial charge in [-0.2, -0.15) is 0 Å². The summed E-state index contributed by atoms with van der Waals surface area (Å²) < 4.78 is 0. The molecular formula is C15H26N2. The second-order valence-electron chi connectivity index (χ2n) is 4.86. The molecule has 0 amide bonds. The summed E-state index contributed by atoms with van der Waals surface area (Å²) in [6.45, 7) is 5.63. The fourth-order valence-electron chi connectivity index (χ4n) is 1.98. The van der Waals surface area contributed by atoms with Crippen LogP contribution in [-0.2, 0) is 6.42 Å². The van der Waals surface area contributed by atoms with Crippen LogP contribution in [-0.4, -0.2) is 12.6 Å². The van der Waals surface area contributed by atoms with Gasteiger partial charge in [-0.1, -0.05) is 38.3 Å². The molecule has 0 aromatic heterocycles. The van der Waals surface area contributed by atoms with Crippen molar-refractivity contribution in [2.45, 2.75) is 52.0 Å². The molecule has 96 valence electrons. The van der Waals surface area contributed by atoms with E-state index in [-0.39, 0.29) is 0 Å². The maximum absolute atomic E-state index is 5.67. The molecule has 0 saturated carbocycles. The van der Waals surface area contributed by atoms with Gasteiger partial charge in [0.25, 0.3) is 0 Å².